The fourth-order valence-electron chi connectivity index (χ4n) is 1.07. The first-order chi connectivity index (χ1) is 4.86. The molecule has 0 aromatic heterocycles. The maximum atomic E-state index is 2.28. The summed E-state index contributed by atoms with van der Waals surface area (Å²) in [5, 5.41) is 0. The van der Waals surface area contributed by atoms with Gasteiger partial charge < -0.3 is 0 Å². The van der Waals surface area contributed by atoms with Gasteiger partial charge in [-0.15, -0.1) is 0 Å². The first kappa shape index (κ1) is 7.39. The monoisotopic (exact) mass is 132 g/mol. The van der Waals surface area contributed by atoms with Gasteiger partial charge in [0, 0.05) is 0 Å². The van der Waals surface area contributed by atoms with Crippen molar-refractivity contribution in [3.8, 4) is 0 Å². The zero-order valence-electron chi connectivity index (χ0n) is 6.72. The molecule has 0 heterocycles. The minimum Gasteiger partial charge on any atom is -0.0849 e. The van der Waals surface area contributed by atoms with Crippen LogP contribution in [0.4, 0.5) is 0 Å². The van der Waals surface area contributed by atoms with E-state index in [1.54, 1.807) is 0 Å². The van der Waals surface area contributed by atoms with Gasteiger partial charge in [0.25, 0.3) is 0 Å². The number of rotatable bonds is 2. The van der Waals surface area contributed by atoms with Crippen molar-refractivity contribution >= 4 is 12.7 Å². The van der Waals surface area contributed by atoms with Crippen LogP contribution in [0.5, 0.6) is 0 Å². The van der Waals surface area contributed by atoms with Gasteiger partial charge in [0.05, 0.1) is 0 Å². The Morgan fingerprint density at radius 2 is 2.20 bits per heavy atom. The highest BCUT2D eigenvalue weighted by Crippen LogP contribution is 1.95. The Bertz CT molecular complexity index is 186. The van der Waals surface area contributed by atoms with Crippen LogP contribution in [0.3, 0.4) is 0 Å². The van der Waals surface area contributed by atoms with E-state index in [2.05, 4.69) is 38.0 Å². The Balaban J connectivity index is 2.87. The molecule has 0 atom stereocenters. The molecule has 0 N–H and O–H groups in total. The lowest BCUT2D eigenvalue weighted by Gasteiger charge is -1.98. The molecule has 0 aliphatic heterocycles. The molecular weight excluding hydrogens is 119 g/mol. The molecule has 0 unspecified atom stereocenters. The Morgan fingerprint density at radius 3 is 2.80 bits per heavy atom. The molecule has 0 saturated carbocycles. The predicted octanol–water partition coefficient (Wildman–Crippen LogP) is 1.36. The van der Waals surface area contributed by atoms with Crippen molar-refractivity contribution < 1.29 is 0 Å². The lowest BCUT2D eigenvalue weighted by molar-refractivity contribution is 1.14. The zero-order chi connectivity index (χ0) is 7.40. The number of hydrogen-bond donors (Lipinski definition) is 0. The summed E-state index contributed by atoms with van der Waals surface area (Å²) in [7, 11) is 1.15. The van der Waals surface area contributed by atoms with Gasteiger partial charge in [-0.3, -0.25) is 0 Å². The molecule has 1 aromatic rings. The molecule has 1 rings (SSSR count). The van der Waals surface area contributed by atoms with E-state index in [1.807, 2.05) is 0 Å². The van der Waals surface area contributed by atoms with E-state index in [1.165, 1.54) is 11.0 Å². The third-order valence-electron chi connectivity index (χ3n) is 1.81. The summed E-state index contributed by atoms with van der Waals surface area (Å²) in [4.78, 5) is 0. The number of benzene rings is 1. The molecule has 0 aliphatic carbocycles. The van der Waals surface area contributed by atoms with Crippen LogP contribution in [0.2, 0.25) is 6.82 Å². The highest BCUT2D eigenvalue weighted by Gasteiger charge is 1.90. The fourth-order valence-corrected chi connectivity index (χ4v) is 1.07. The smallest absolute Gasteiger partial charge is 0.0849 e. The molecular formula is C9H13B. The third-order valence-corrected chi connectivity index (χ3v) is 1.81. The third kappa shape index (κ3) is 1.63. The van der Waals surface area contributed by atoms with Crippen LogP contribution >= 0.6 is 0 Å². The molecule has 0 bridgehead atoms. The average molecular weight is 132 g/mol. The first-order valence-electron chi connectivity index (χ1n) is 3.94. The summed E-state index contributed by atoms with van der Waals surface area (Å²) in [5.41, 5.74) is 2.89. The maximum Gasteiger partial charge on any atom is 0.154 e. The minimum atomic E-state index is 1.15. The standard InChI is InChI=1S/C9H13B/c1-3-8-5-4-6-9(7-8)10-2/h4-7,10H,3H2,1-2H3. The normalized spacial score (nSPS) is 9.40. The van der Waals surface area contributed by atoms with Crippen molar-refractivity contribution in [3.63, 3.8) is 0 Å². The van der Waals surface area contributed by atoms with Gasteiger partial charge in [0.15, 0.2) is 7.28 Å². The van der Waals surface area contributed by atoms with E-state index in [9.17, 15) is 0 Å². The van der Waals surface area contributed by atoms with Crippen LogP contribution < -0.4 is 5.46 Å². The molecule has 0 amide bonds. The molecule has 0 saturated heterocycles. The molecule has 52 valence electrons. The summed E-state index contributed by atoms with van der Waals surface area (Å²) in [6, 6.07) is 8.77. The SMILES string of the molecule is CBc1cccc(CC)c1. The van der Waals surface area contributed by atoms with Gasteiger partial charge in [0.2, 0.25) is 0 Å². The Labute approximate surface area is 63.5 Å². The molecule has 0 fully saturated rings. The van der Waals surface area contributed by atoms with Gasteiger partial charge in [-0.05, 0) is 12.0 Å². The quantitative estimate of drug-likeness (QED) is 0.533. The largest absolute Gasteiger partial charge is 0.154 e. The second-order valence-electron chi connectivity index (χ2n) is 2.53. The van der Waals surface area contributed by atoms with Gasteiger partial charge in [0.1, 0.15) is 0 Å². The van der Waals surface area contributed by atoms with Crippen LogP contribution in [0.15, 0.2) is 24.3 Å². The second kappa shape index (κ2) is 3.45. The van der Waals surface area contributed by atoms with Crippen LogP contribution in [0.1, 0.15) is 12.5 Å². The van der Waals surface area contributed by atoms with Crippen LogP contribution in [0, 0.1) is 0 Å². The van der Waals surface area contributed by atoms with Crippen molar-refractivity contribution in [2.45, 2.75) is 20.2 Å². The molecule has 1 aromatic carbocycles. The Hall–Kier alpha value is -0.715. The number of hydrogen-bond acceptors (Lipinski definition) is 0. The zero-order valence-corrected chi connectivity index (χ0v) is 6.72. The Kier molecular flexibility index (Phi) is 2.55. The average Bonchev–Trinajstić information content (AvgIpc) is 2.05. The van der Waals surface area contributed by atoms with E-state index < -0.39 is 0 Å². The lowest BCUT2D eigenvalue weighted by atomic mass is 9.73. The minimum absolute atomic E-state index is 1.15. The summed E-state index contributed by atoms with van der Waals surface area (Å²) < 4.78 is 0. The summed E-state index contributed by atoms with van der Waals surface area (Å²) in [6.45, 7) is 4.38. The predicted molar refractivity (Wildman–Crippen MR) is 48.5 cm³/mol. The van der Waals surface area contributed by atoms with Crippen molar-refractivity contribution in [1.82, 2.24) is 0 Å². The van der Waals surface area contributed by atoms with E-state index in [0.717, 1.165) is 13.7 Å². The van der Waals surface area contributed by atoms with Gasteiger partial charge in [-0.2, -0.15) is 0 Å². The number of aryl methyl sites for hydroxylation is 1. The van der Waals surface area contributed by atoms with Crippen molar-refractivity contribution in [2.75, 3.05) is 0 Å². The summed E-state index contributed by atoms with van der Waals surface area (Å²) >= 11 is 0. The highest BCUT2D eigenvalue weighted by molar-refractivity contribution is 6.51. The van der Waals surface area contributed by atoms with Crippen LogP contribution in [0.25, 0.3) is 0 Å². The van der Waals surface area contributed by atoms with Gasteiger partial charge in [-0.1, -0.05) is 43.5 Å². The molecule has 0 spiro atoms. The van der Waals surface area contributed by atoms with Crippen molar-refractivity contribution in [2.24, 2.45) is 0 Å². The lowest BCUT2D eigenvalue weighted by Crippen LogP contribution is -2.09. The fraction of sp³-hybridized carbons (Fsp3) is 0.333. The molecule has 0 nitrogen and oxygen atoms in total. The molecule has 0 radical (unpaired) electrons. The summed E-state index contributed by atoms with van der Waals surface area (Å²) in [5.74, 6) is 0. The second-order valence-corrected chi connectivity index (χ2v) is 2.53. The Morgan fingerprint density at radius 1 is 1.40 bits per heavy atom. The first-order valence-corrected chi connectivity index (χ1v) is 3.94. The topological polar surface area (TPSA) is 0 Å². The van der Waals surface area contributed by atoms with E-state index in [0.29, 0.717) is 0 Å². The van der Waals surface area contributed by atoms with Crippen LogP contribution in [-0.4, -0.2) is 7.28 Å². The van der Waals surface area contributed by atoms with Gasteiger partial charge >= 0.3 is 0 Å². The van der Waals surface area contributed by atoms with Crippen molar-refractivity contribution in [3.05, 3.63) is 29.8 Å². The van der Waals surface area contributed by atoms with Crippen LogP contribution in [-0.2, 0) is 6.42 Å². The van der Waals surface area contributed by atoms with E-state index in [-0.39, 0.29) is 0 Å². The maximum absolute atomic E-state index is 2.28. The molecule has 1 heteroatoms. The summed E-state index contributed by atoms with van der Waals surface area (Å²) in [6.07, 6.45) is 1.15. The van der Waals surface area contributed by atoms with Gasteiger partial charge in [-0.25, -0.2) is 0 Å². The highest BCUT2D eigenvalue weighted by atomic mass is 13.9. The molecule has 0 aliphatic rings. The van der Waals surface area contributed by atoms with Crippen molar-refractivity contribution in [1.29, 1.82) is 0 Å². The van der Waals surface area contributed by atoms with E-state index >= 15 is 0 Å². The molecule has 10 heavy (non-hydrogen) atoms. The van der Waals surface area contributed by atoms with E-state index in [4.69, 9.17) is 0 Å².